The molecule has 2 saturated heterocycles. The molecule has 16 nitrogen and oxygen atoms in total. The predicted molar refractivity (Wildman–Crippen MR) is 187 cm³/mol. The Labute approximate surface area is 303 Å². The van der Waals surface area contributed by atoms with Crippen molar-refractivity contribution in [1.29, 1.82) is 0 Å². The van der Waals surface area contributed by atoms with Crippen LogP contribution in [0.4, 0.5) is 10.5 Å². The second-order valence-corrected chi connectivity index (χ2v) is 14.8. The highest BCUT2D eigenvalue weighted by atomic mass is 32.2. The van der Waals surface area contributed by atoms with E-state index in [-0.39, 0.29) is 62.8 Å². The smallest absolute Gasteiger partial charge is 0.325 e. The third kappa shape index (κ3) is 10.8. The molecule has 2 heterocycles. The minimum atomic E-state index is -4.16. The number of nitrogens with one attached hydrogen (secondary N) is 4. The van der Waals surface area contributed by atoms with E-state index < -0.39 is 45.9 Å². The van der Waals surface area contributed by atoms with E-state index in [9.17, 15) is 27.9 Å². The normalized spacial score (nSPS) is 21.8. The first-order valence-electron chi connectivity index (χ1n) is 17.7. The monoisotopic (exact) mass is 747 g/mol. The number of aliphatic hydroxyl groups is 1. The maximum atomic E-state index is 13.4. The number of carbonyl (C=O) groups is 3. The fourth-order valence-electron chi connectivity index (χ4n) is 6.78. The largest absolute Gasteiger partial charge is 0.465 e. The van der Waals surface area contributed by atoms with Gasteiger partial charge in [0, 0.05) is 31.1 Å². The summed E-state index contributed by atoms with van der Waals surface area (Å²) in [5.74, 6) is -0.576. The Morgan fingerprint density at radius 2 is 1.87 bits per heavy atom. The number of anilines is 1. The molecule has 3 aliphatic rings. The average molecular weight is 748 g/mol. The average Bonchev–Trinajstić information content (AvgIpc) is 3.90. The summed E-state index contributed by atoms with van der Waals surface area (Å²) >= 11 is 0. The molecule has 3 fully saturated rings. The number of hydroxylamine groups is 2. The van der Waals surface area contributed by atoms with Gasteiger partial charge >= 0.3 is 12.0 Å². The first-order chi connectivity index (χ1) is 25.1. The van der Waals surface area contributed by atoms with E-state index >= 15 is 0 Å². The first kappa shape index (κ1) is 39.4. The summed E-state index contributed by atoms with van der Waals surface area (Å²) in [5.41, 5.74) is 0.338. The van der Waals surface area contributed by atoms with Gasteiger partial charge in [-0.25, -0.2) is 18.3 Å². The van der Waals surface area contributed by atoms with Crippen molar-refractivity contribution in [1.82, 2.24) is 20.6 Å². The molecule has 1 aliphatic carbocycles. The minimum Gasteiger partial charge on any atom is -0.465 e. The zero-order chi connectivity index (χ0) is 37.0. The molecular formula is C35H49N5O11S. The summed E-state index contributed by atoms with van der Waals surface area (Å²) in [6.45, 7) is 2.90. The summed E-state index contributed by atoms with van der Waals surface area (Å²) in [5, 5.41) is 21.0. The van der Waals surface area contributed by atoms with Gasteiger partial charge in [0.25, 0.3) is 10.0 Å². The van der Waals surface area contributed by atoms with E-state index in [1.165, 1.54) is 17.2 Å². The maximum Gasteiger partial charge on any atom is 0.325 e. The van der Waals surface area contributed by atoms with Gasteiger partial charge in [0.05, 0.1) is 42.5 Å². The molecule has 17 heteroatoms. The van der Waals surface area contributed by atoms with Crippen molar-refractivity contribution in [2.45, 2.75) is 86.9 Å². The molecule has 2 aromatic rings. The van der Waals surface area contributed by atoms with Crippen LogP contribution in [0.15, 0.2) is 59.5 Å². The molecule has 2 aromatic carbocycles. The van der Waals surface area contributed by atoms with Crippen molar-refractivity contribution in [3.8, 4) is 0 Å². The van der Waals surface area contributed by atoms with Crippen LogP contribution in [0.25, 0.3) is 0 Å². The van der Waals surface area contributed by atoms with Crippen LogP contribution in [0.3, 0.4) is 0 Å². The van der Waals surface area contributed by atoms with Gasteiger partial charge in [0.15, 0.2) is 6.29 Å². The predicted octanol–water partition coefficient (Wildman–Crippen LogP) is 2.00. The summed E-state index contributed by atoms with van der Waals surface area (Å²) in [4.78, 5) is 50.2. The van der Waals surface area contributed by atoms with Gasteiger partial charge in [-0.2, -0.15) is 0 Å². The zero-order valence-electron chi connectivity index (χ0n) is 29.2. The zero-order valence-corrected chi connectivity index (χ0v) is 30.1. The van der Waals surface area contributed by atoms with Crippen LogP contribution in [0, 0.1) is 5.92 Å². The van der Waals surface area contributed by atoms with Crippen molar-refractivity contribution < 1.29 is 51.8 Å². The topological polar surface area (TPSA) is 203 Å². The van der Waals surface area contributed by atoms with Crippen LogP contribution in [0.1, 0.15) is 51.0 Å². The number of amides is 3. The summed E-state index contributed by atoms with van der Waals surface area (Å²) in [6.07, 6.45) is 2.21. The second-order valence-electron chi connectivity index (χ2n) is 13.1. The van der Waals surface area contributed by atoms with Crippen LogP contribution < -0.4 is 20.8 Å². The molecular weight excluding hydrogens is 698 g/mol. The lowest BCUT2D eigenvalue weighted by molar-refractivity contribution is -0.230. The van der Waals surface area contributed by atoms with Gasteiger partial charge in [0.1, 0.15) is 12.6 Å². The van der Waals surface area contributed by atoms with Crippen LogP contribution >= 0.6 is 0 Å². The molecule has 0 aromatic heterocycles. The van der Waals surface area contributed by atoms with Crippen molar-refractivity contribution in [2.75, 3.05) is 44.8 Å². The molecule has 52 heavy (non-hydrogen) atoms. The maximum absolute atomic E-state index is 13.4. The molecule has 0 unspecified atom stereocenters. The number of urea groups is 1. The Kier molecular flexibility index (Phi) is 14.2. The Hall–Kier alpha value is -3.84. The quantitative estimate of drug-likeness (QED) is 0.0572. The molecule has 3 amide bonds. The Bertz CT molecular complexity index is 1580. The van der Waals surface area contributed by atoms with E-state index in [0.29, 0.717) is 31.5 Å². The van der Waals surface area contributed by atoms with Crippen LogP contribution in [0.5, 0.6) is 0 Å². The SMILES string of the molecule is CCOC(=O)CNC(=O)NCCNc1cccc(S(=O)(=O)NOC2(C[C@@H](O)[C@H](Cc3ccccc3)N(C=O)O[C@@H]3CO[C@@H]4OCC[C@@H]43)CCCC2)c1. The van der Waals surface area contributed by atoms with Crippen LogP contribution in [0.2, 0.25) is 0 Å². The van der Waals surface area contributed by atoms with Crippen LogP contribution in [-0.2, 0) is 49.9 Å². The van der Waals surface area contributed by atoms with Crippen molar-refractivity contribution in [2.24, 2.45) is 5.92 Å². The van der Waals surface area contributed by atoms with Crippen molar-refractivity contribution >= 4 is 34.1 Å². The fourth-order valence-corrected chi connectivity index (χ4v) is 7.70. The van der Waals surface area contributed by atoms with Gasteiger partial charge in [-0.3, -0.25) is 19.3 Å². The summed E-state index contributed by atoms with van der Waals surface area (Å²) < 4.78 is 43.0. The number of ether oxygens (including phenoxy) is 3. The summed E-state index contributed by atoms with van der Waals surface area (Å²) in [6, 6.07) is 14.2. The van der Waals surface area contributed by atoms with Crippen molar-refractivity contribution in [3.63, 3.8) is 0 Å². The highest BCUT2D eigenvalue weighted by Crippen LogP contribution is 2.39. The molecule has 0 bridgehead atoms. The van der Waals surface area contributed by atoms with Gasteiger partial charge in [-0.1, -0.05) is 54.1 Å². The molecule has 286 valence electrons. The number of carbonyl (C=O) groups excluding carboxylic acids is 3. The standard InChI is InChI=1S/C35H49N5O11S/c1-2-47-32(43)22-38-34(44)37-17-16-36-26-11-8-12-27(20-26)52(45,46)39-51-35(14-6-7-15-35)21-30(42)29(19-25-9-4-3-5-10-25)40(24-41)50-31-23-49-33-28(31)13-18-48-33/h3-5,8-12,20,24,28-31,33,36,39,42H,2,6-7,13-19,21-23H2,1H3,(H2,37,38,44)/t28-,29+,30-,31-,33+/m1/s1. The number of rotatable bonds is 20. The lowest BCUT2D eigenvalue weighted by Gasteiger charge is -2.37. The lowest BCUT2D eigenvalue weighted by Crippen LogP contribution is -2.51. The van der Waals surface area contributed by atoms with Crippen molar-refractivity contribution in [3.05, 3.63) is 60.2 Å². The van der Waals surface area contributed by atoms with E-state index in [0.717, 1.165) is 24.8 Å². The highest BCUT2D eigenvalue weighted by molar-refractivity contribution is 7.89. The number of esters is 1. The highest BCUT2D eigenvalue weighted by Gasteiger charge is 2.46. The first-order valence-corrected chi connectivity index (χ1v) is 19.2. The Morgan fingerprint density at radius 1 is 1.08 bits per heavy atom. The number of hydrogen-bond acceptors (Lipinski definition) is 12. The van der Waals surface area contributed by atoms with Crippen LogP contribution in [-0.4, -0.2) is 107 Å². The van der Waals surface area contributed by atoms with Gasteiger partial charge in [0.2, 0.25) is 6.41 Å². The third-order valence-corrected chi connectivity index (χ3v) is 10.6. The van der Waals surface area contributed by atoms with E-state index in [2.05, 4.69) is 20.8 Å². The lowest BCUT2D eigenvalue weighted by atomic mass is 9.89. The number of benzene rings is 2. The van der Waals surface area contributed by atoms with Gasteiger partial charge < -0.3 is 35.3 Å². The molecule has 5 rings (SSSR count). The number of nitrogens with zero attached hydrogens (tertiary/aromatic N) is 1. The molecule has 2 aliphatic heterocycles. The molecule has 1 saturated carbocycles. The Morgan fingerprint density at radius 3 is 2.62 bits per heavy atom. The molecule has 5 N–H and O–H groups in total. The molecule has 0 radical (unpaired) electrons. The fraction of sp³-hybridized carbons (Fsp3) is 0.571. The minimum absolute atomic E-state index is 0.0307. The number of fused-ring (bicyclic) bond motifs is 1. The third-order valence-electron chi connectivity index (χ3n) is 9.45. The summed E-state index contributed by atoms with van der Waals surface area (Å²) in [7, 11) is -4.16. The van der Waals surface area contributed by atoms with Gasteiger partial charge in [-0.05, 0) is 56.4 Å². The number of aliphatic hydroxyl groups excluding tert-OH is 1. The molecule has 5 atom stereocenters. The number of hydrogen-bond donors (Lipinski definition) is 5. The second kappa shape index (κ2) is 18.8. The van der Waals surface area contributed by atoms with E-state index in [1.807, 2.05) is 30.3 Å². The Balaban J connectivity index is 1.19. The number of sulfonamides is 1. The van der Waals surface area contributed by atoms with E-state index in [4.69, 9.17) is 23.9 Å². The van der Waals surface area contributed by atoms with E-state index in [1.54, 1.807) is 19.1 Å². The molecule has 0 spiro atoms. The van der Waals surface area contributed by atoms with Gasteiger partial charge in [-0.15, -0.1) is 0 Å².